The quantitative estimate of drug-likeness (QED) is 0.582. The Labute approximate surface area is 72.4 Å². The third-order valence-corrected chi connectivity index (χ3v) is 3.44. The normalized spacial score (nSPS) is 16.1. The lowest BCUT2D eigenvalue weighted by atomic mass is 9.67. The highest BCUT2D eigenvalue weighted by Gasteiger charge is 2.30. The van der Waals surface area contributed by atoms with E-state index in [0.29, 0.717) is 11.3 Å². The van der Waals surface area contributed by atoms with Crippen LogP contribution in [0.25, 0.3) is 0 Å². The molecule has 0 aromatic carbocycles. The topological polar surface area (TPSA) is 0 Å². The van der Waals surface area contributed by atoms with E-state index in [9.17, 15) is 0 Å². The van der Waals surface area contributed by atoms with Crippen LogP contribution in [0.2, 0.25) is 0 Å². The molecule has 0 aliphatic carbocycles. The molecule has 0 fully saturated rings. The van der Waals surface area contributed by atoms with Gasteiger partial charge in [-0.1, -0.05) is 41.5 Å². The van der Waals surface area contributed by atoms with Crippen molar-refractivity contribution in [1.82, 2.24) is 0 Å². The van der Waals surface area contributed by atoms with Crippen molar-refractivity contribution in [2.75, 3.05) is 0 Å². The molecule has 0 heterocycles. The lowest BCUT2D eigenvalue weighted by Gasteiger charge is -2.38. The minimum Gasteiger partial charge on any atom is -0.0625 e. The summed E-state index contributed by atoms with van der Waals surface area (Å²) >= 11 is 0. The molecule has 0 aromatic heterocycles. The molecule has 0 saturated carbocycles. The van der Waals surface area contributed by atoms with Crippen LogP contribution in [0.5, 0.6) is 0 Å². The van der Waals surface area contributed by atoms with Crippen LogP contribution in [-0.4, -0.2) is 0 Å². The summed E-state index contributed by atoms with van der Waals surface area (Å²) in [5, 5.41) is 0. The summed E-state index contributed by atoms with van der Waals surface area (Å²) < 4.78 is 0. The molecule has 0 aliphatic rings. The first-order chi connectivity index (χ1) is 4.80. The van der Waals surface area contributed by atoms with Gasteiger partial charge in [0.15, 0.2) is 0 Å². The van der Waals surface area contributed by atoms with Crippen molar-refractivity contribution < 1.29 is 0 Å². The van der Waals surface area contributed by atoms with Crippen LogP contribution in [0.15, 0.2) is 0 Å². The highest BCUT2D eigenvalue weighted by molar-refractivity contribution is 4.83. The van der Waals surface area contributed by atoms with Crippen molar-refractivity contribution >= 4 is 0 Å². The Morgan fingerprint density at radius 2 is 1.36 bits per heavy atom. The Hall–Kier alpha value is 0. The predicted molar refractivity (Wildman–Crippen MR) is 52.3 cm³/mol. The van der Waals surface area contributed by atoms with Crippen molar-refractivity contribution in [2.45, 2.75) is 41.5 Å². The van der Waals surface area contributed by atoms with Crippen molar-refractivity contribution in [2.24, 2.45) is 23.2 Å². The van der Waals surface area contributed by atoms with Gasteiger partial charge in [0.1, 0.15) is 0 Å². The van der Waals surface area contributed by atoms with Crippen molar-refractivity contribution in [3.05, 3.63) is 6.92 Å². The van der Waals surface area contributed by atoms with Crippen LogP contribution in [0.4, 0.5) is 0 Å². The first-order valence-corrected chi connectivity index (χ1v) is 4.63. The Morgan fingerprint density at radius 1 is 1.00 bits per heavy atom. The molecule has 0 nitrogen and oxygen atoms in total. The second kappa shape index (κ2) is 3.60. The van der Waals surface area contributed by atoms with Crippen molar-refractivity contribution in [3.63, 3.8) is 0 Å². The molecule has 0 rings (SSSR count). The third-order valence-electron chi connectivity index (χ3n) is 3.44. The molecule has 0 aliphatic heterocycles. The van der Waals surface area contributed by atoms with E-state index in [-0.39, 0.29) is 0 Å². The molecular weight excluding hydrogens is 132 g/mol. The van der Waals surface area contributed by atoms with Gasteiger partial charge in [0.25, 0.3) is 0 Å². The molecule has 2 atom stereocenters. The number of rotatable bonds is 3. The number of hydrogen-bond acceptors (Lipinski definition) is 0. The summed E-state index contributed by atoms with van der Waals surface area (Å²) in [6.45, 7) is 17.8. The van der Waals surface area contributed by atoms with Gasteiger partial charge in [-0.15, -0.1) is 0 Å². The van der Waals surface area contributed by atoms with Gasteiger partial charge in [-0.05, 0) is 30.1 Å². The van der Waals surface area contributed by atoms with Gasteiger partial charge >= 0.3 is 0 Å². The van der Waals surface area contributed by atoms with E-state index in [4.69, 9.17) is 0 Å². The molecule has 11 heavy (non-hydrogen) atoms. The number of hydrogen-bond donors (Lipinski definition) is 0. The Bertz CT molecular complexity index is 109. The largest absolute Gasteiger partial charge is 0.0625 e. The highest BCUT2D eigenvalue weighted by Crippen LogP contribution is 2.38. The maximum Gasteiger partial charge on any atom is -0.0300 e. The Balaban J connectivity index is 4.29. The summed E-state index contributed by atoms with van der Waals surface area (Å²) in [6.07, 6.45) is 0. The minimum absolute atomic E-state index is 0.369. The zero-order valence-corrected chi connectivity index (χ0v) is 8.94. The Morgan fingerprint density at radius 3 is 1.45 bits per heavy atom. The van der Waals surface area contributed by atoms with E-state index in [0.717, 1.165) is 11.8 Å². The average Bonchev–Trinajstić information content (AvgIpc) is 1.85. The summed E-state index contributed by atoms with van der Waals surface area (Å²) in [7, 11) is 0. The van der Waals surface area contributed by atoms with E-state index < -0.39 is 0 Å². The van der Waals surface area contributed by atoms with Crippen molar-refractivity contribution in [1.29, 1.82) is 0 Å². The van der Waals surface area contributed by atoms with E-state index in [1.807, 2.05) is 0 Å². The second-order valence-corrected chi connectivity index (χ2v) is 4.76. The molecule has 0 N–H and O–H groups in total. The molecular formula is C11H23. The molecule has 0 bridgehead atoms. The van der Waals surface area contributed by atoms with Crippen LogP contribution in [0, 0.1) is 30.1 Å². The van der Waals surface area contributed by atoms with E-state index >= 15 is 0 Å². The van der Waals surface area contributed by atoms with Gasteiger partial charge in [0.05, 0.1) is 0 Å². The maximum atomic E-state index is 4.11. The zero-order chi connectivity index (χ0) is 9.23. The van der Waals surface area contributed by atoms with E-state index in [1.165, 1.54) is 0 Å². The highest BCUT2D eigenvalue weighted by atomic mass is 14.4. The fraction of sp³-hybridized carbons (Fsp3) is 0.909. The van der Waals surface area contributed by atoms with Crippen LogP contribution in [0.1, 0.15) is 41.5 Å². The average molecular weight is 155 g/mol. The molecule has 0 spiro atoms. The van der Waals surface area contributed by atoms with Crippen LogP contribution < -0.4 is 0 Å². The van der Waals surface area contributed by atoms with Crippen LogP contribution in [-0.2, 0) is 0 Å². The monoisotopic (exact) mass is 155 g/mol. The lowest BCUT2D eigenvalue weighted by molar-refractivity contribution is 0.126. The van der Waals surface area contributed by atoms with Gasteiger partial charge in [-0.2, -0.15) is 0 Å². The van der Waals surface area contributed by atoms with Gasteiger partial charge < -0.3 is 0 Å². The van der Waals surface area contributed by atoms with Crippen LogP contribution >= 0.6 is 0 Å². The first-order valence-electron chi connectivity index (χ1n) is 4.63. The predicted octanol–water partition coefficient (Wildman–Crippen LogP) is 3.77. The standard InChI is InChI=1S/C11H23/c1-8(2)10(5)11(6,7)9(3)4/h8-10H,3H2,1-2,4-7H3. The van der Waals surface area contributed by atoms with E-state index in [2.05, 4.69) is 48.5 Å². The SMILES string of the molecule is [CH2]C(C)C(C)(C)C(C)C(C)C. The second-order valence-electron chi connectivity index (χ2n) is 4.76. The molecule has 2 unspecified atom stereocenters. The van der Waals surface area contributed by atoms with Crippen LogP contribution in [0.3, 0.4) is 0 Å². The Kier molecular flexibility index (Phi) is 3.60. The van der Waals surface area contributed by atoms with Gasteiger partial charge in [-0.3, -0.25) is 0 Å². The molecule has 0 aromatic rings. The minimum atomic E-state index is 0.369. The van der Waals surface area contributed by atoms with Gasteiger partial charge in [-0.25, -0.2) is 0 Å². The fourth-order valence-corrected chi connectivity index (χ4v) is 1.31. The summed E-state index contributed by atoms with van der Waals surface area (Å²) in [4.78, 5) is 0. The van der Waals surface area contributed by atoms with Gasteiger partial charge in [0, 0.05) is 0 Å². The van der Waals surface area contributed by atoms with Crippen molar-refractivity contribution in [3.8, 4) is 0 Å². The zero-order valence-electron chi connectivity index (χ0n) is 8.94. The van der Waals surface area contributed by atoms with E-state index in [1.54, 1.807) is 0 Å². The smallest absolute Gasteiger partial charge is 0.0300 e. The molecule has 0 saturated heterocycles. The van der Waals surface area contributed by atoms with Gasteiger partial charge in [0.2, 0.25) is 0 Å². The molecule has 0 amide bonds. The first kappa shape index (κ1) is 11.0. The lowest BCUT2D eigenvalue weighted by Crippen LogP contribution is -2.31. The fourth-order valence-electron chi connectivity index (χ4n) is 1.31. The maximum absolute atomic E-state index is 4.11. The molecule has 1 radical (unpaired) electrons. The molecule has 67 valence electrons. The molecule has 0 heteroatoms. The summed E-state index contributed by atoms with van der Waals surface area (Å²) in [6, 6.07) is 0. The summed E-state index contributed by atoms with van der Waals surface area (Å²) in [5.74, 6) is 2.03. The summed E-state index contributed by atoms with van der Waals surface area (Å²) in [5.41, 5.74) is 0.369. The third kappa shape index (κ3) is 2.50.